The summed E-state index contributed by atoms with van der Waals surface area (Å²) in [5.74, 6) is -2.68. The molecule has 0 bridgehead atoms. The minimum atomic E-state index is -1.46. The fourth-order valence-corrected chi connectivity index (χ4v) is 3.76. The molecule has 0 saturated carbocycles. The van der Waals surface area contributed by atoms with Crippen LogP contribution in [0.4, 0.5) is 0 Å². The van der Waals surface area contributed by atoms with Crippen molar-refractivity contribution in [3.63, 3.8) is 0 Å². The third-order valence-electron chi connectivity index (χ3n) is 5.96. The zero-order valence-corrected chi connectivity index (χ0v) is 21.7. The van der Waals surface area contributed by atoms with Crippen LogP contribution in [-0.2, 0) is 23.8 Å². The summed E-state index contributed by atoms with van der Waals surface area (Å²) in [4.78, 5) is 23.7. The Labute approximate surface area is 215 Å². The van der Waals surface area contributed by atoms with Gasteiger partial charge < -0.3 is 34.6 Å². The minimum Gasteiger partial charge on any atom is -0.505 e. The van der Waals surface area contributed by atoms with Crippen molar-refractivity contribution < 1.29 is 44.2 Å². The summed E-state index contributed by atoms with van der Waals surface area (Å²) in [7, 11) is 0. The fraction of sp³-hybridized carbons (Fsp3) is 0.778. The van der Waals surface area contributed by atoms with E-state index in [0.29, 0.717) is 6.42 Å². The number of carbonyl (C=O) groups is 2. The molecule has 0 amide bonds. The maximum absolute atomic E-state index is 11.9. The lowest BCUT2D eigenvalue weighted by Gasteiger charge is -2.17. The van der Waals surface area contributed by atoms with E-state index in [2.05, 4.69) is 19.1 Å². The summed E-state index contributed by atoms with van der Waals surface area (Å²) in [6.07, 6.45) is 15.8. The summed E-state index contributed by atoms with van der Waals surface area (Å²) >= 11 is 0. The van der Waals surface area contributed by atoms with E-state index in [4.69, 9.17) is 19.3 Å². The van der Waals surface area contributed by atoms with Gasteiger partial charge in [-0.1, -0.05) is 70.4 Å². The molecule has 3 atom stereocenters. The van der Waals surface area contributed by atoms with Gasteiger partial charge in [-0.25, -0.2) is 4.79 Å². The quantitative estimate of drug-likeness (QED) is 0.0958. The van der Waals surface area contributed by atoms with Crippen LogP contribution in [0.3, 0.4) is 0 Å². The zero-order chi connectivity index (χ0) is 26.6. The van der Waals surface area contributed by atoms with Crippen molar-refractivity contribution in [1.82, 2.24) is 0 Å². The van der Waals surface area contributed by atoms with Gasteiger partial charge in [-0.05, 0) is 32.1 Å². The number of hydrogen-bond donors (Lipinski definition) is 4. The molecule has 208 valence electrons. The average molecular weight is 515 g/mol. The van der Waals surface area contributed by atoms with E-state index >= 15 is 0 Å². The molecule has 0 aromatic heterocycles. The number of cyclic esters (lactones) is 1. The van der Waals surface area contributed by atoms with Crippen molar-refractivity contribution in [2.24, 2.45) is 0 Å². The third-order valence-corrected chi connectivity index (χ3v) is 5.96. The van der Waals surface area contributed by atoms with Gasteiger partial charge in [0.15, 0.2) is 11.9 Å². The molecule has 0 fully saturated rings. The summed E-state index contributed by atoms with van der Waals surface area (Å²) in [6, 6.07) is 0. The first-order valence-electron chi connectivity index (χ1n) is 13.4. The van der Waals surface area contributed by atoms with Crippen LogP contribution in [0, 0.1) is 0 Å². The molecule has 1 rings (SSSR count). The van der Waals surface area contributed by atoms with Crippen molar-refractivity contribution in [2.45, 2.75) is 115 Å². The normalized spacial score (nSPS) is 17.4. The Balaban J connectivity index is 2.07. The van der Waals surface area contributed by atoms with E-state index in [1.54, 1.807) is 0 Å². The number of allylic oxidation sites excluding steroid dienone is 2. The van der Waals surface area contributed by atoms with Gasteiger partial charge in [0.1, 0.15) is 25.4 Å². The van der Waals surface area contributed by atoms with Crippen molar-refractivity contribution in [3.8, 4) is 0 Å². The highest BCUT2D eigenvalue weighted by Gasteiger charge is 2.41. The molecule has 0 saturated heterocycles. The molecule has 9 nitrogen and oxygen atoms in total. The van der Waals surface area contributed by atoms with Gasteiger partial charge >= 0.3 is 11.9 Å². The number of unbranched alkanes of at least 4 members (excludes halogenated alkanes) is 11. The van der Waals surface area contributed by atoms with E-state index in [1.807, 2.05) is 0 Å². The molecular formula is C27H46O9. The second-order valence-electron chi connectivity index (χ2n) is 9.27. The first kappa shape index (κ1) is 31.9. The number of hydrogen-bond acceptors (Lipinski definition) is 9. The summed E-state index contributed by atoms with van der Waals surface area (Å²) in [5.41, 5.74) is 0. The second kappa shape index (κ2) is 20.0. The maximum atomic E-state index is 11.9. The molecule has 1 aliphatic rings. The van der Waals surface area contributed by atoms with Gasteiger partial charge in [0.25, 0.3) is 0 Å². The van der Waals surface area contributed by atoms with Gasteiger partial charge in [-0.15, -0.1) is 0 Å². The number of rotatable bonds is 22. The highest BCUT2D eigenvalue weighted by atomic mass is 16.6. The molecule has 1 heterocycles. The third kappa shape index (κ3) is 13.8. The molecule has 0 radical (unpaired) electrons. The number of ether oxygens (including phenoxy) is 3. The van der Waals surface area contributed by atoms with Crippen molar-refractivity contribution in [3.05, 3.63) is 23.7 Å². The molecule has 36 heavy (non-hydrogen) atoms. The van der Waals surface area contributed by atoms with E-state index < -0.39 is 61.6 Å². The van der Waals surface area contributed by atoms with Crippen LogP contribution in [-0.4, -0.2) is 70.5 Å². The molecule has 0 aliphatic carbocycles. The van der Waals surface area contributed by atoms with E-state index in [9.17, 15) is 24.9 Å². The van der Waals surface area contributed by atoms with Gasteiger partial charge in [0.2, 0.25) is 5.76 Å². The minimum absolute atomic E-state index is 0.227. The second-order valence-corrected chi connectivity index (χ2v) is 9.27. The Kier molecular flexibility index (Phi) is 17.8. The van der Waals surface area contributed by atoms with Crippen molar-refractivity contribution in [2.75, 3.05) is 19.8 Å². The Morgan fingerprint density at radius 1 is 0.944 bits per heavy atom. The number of esters is 2. The van der Waals surface area contributed by atoms with Gasteiger partial charge in [-0.2, -0.15) is 0 Å². The lowest BCUT2D eigenvalue weighted by Crippen LogP contribution is -2.33. The number of carbonyl (C=O) groups excluding carboxylic acids is 2. The van der Waals surface area contributed by atoms with E-state index in [-0.39, 0.29) is 6.42 Å². The molecule has 9 heteroatoms. The molecule has 1 unspecified atom stereocenters. The smallest absolute Gasteiger partial charge is 0.378 e. The predicted octanol–water partition coefficient (Wildman–Crippen LogP) is 3.99. The predicted molar refractivity (Wildman–Crippen MR) is 135 cm³/mol. The molecule has 1 aliphatic heterocycles. The summed E-state index contributed by atoms with van der Waals surface area (Å²) in [6.45, 7) is 0.776. The van der Waals surface area contributed by atoms with Crippen LogP contribution in [0.25, 0.3) is 0 Å². The lowest BCUT2D eigenvalue weighted by molar-refractivity contribution is -0.155. The molecule has 4 N–H and O–H groups in total. The Morgan fingerprint density at radius 3 is 2.14 bits per heavy atom. The Morgan fingerprint density at radius 2 is 1.53 bits per heavy atom. The average Bonchev–Trinajstić information content (AvgIpc) is 3.16. The van der Waals surface area contributed by atoms with Crippen molar-refractivity contribution >= 4 is 11.9 Å². The summed E-state index contributed by atoms with van der Waals surface area (Å²) in [5, 5.41) is 38.2. The number of aliphatic hydroxyl groups excluding tert-OH is 4. The fourth-order valence-electron chi connectivity index (χ4n) is 3.76. The lowest BCUT2D eigenvalue weighted by atomic mass is 10.1. The molecular weight excluding hydrogens is 468 g/mol. The Hall–Kier alpha value is -2.10. The van der Waals surface area contributed by atoms with E-state index in [0.717, 1.165) is 32.1 Å². The van der Waals surface area contributed by atoms with Crippen molar-refractivity contribution in [1.29, 1.82) is 0 Å². The highest BCUT2D eigenvalue weighted by Crippen LogP contribution is 2.24. The standard InChI is InChI=1S/C27H46O9/c1-2-3-4-5-6-7-8-9-10-11-12-13-14-15-16-17-23(31)34-20-22(30)25-24(32)26(27(33)36-25)35-19-21(29)18-28/h9-10,21-22,25,28-30,32H,2-8,11-20H2,1H3/b10-9-/t21?,22-,25+/m0/s1. The first-order chi connectivity index (χ1) is 17.4. The number of aliphatic hydroxyl groups is 4. The van der Waals surface area contributed by atoms with Crippen LogP contribution >= 0.6 is 0 Å². The zero-order valence-electron chi connectivity index (χ0n) is 21.7. The van der Waals surface area contributed by atoms with Crippen LogP contribution in [0.15, 0.2) is 23.7 Å². The largest absolute Gasteiger partial charge is 0.505 e. The monoisotopic (exact) mass is 514 g/mol. The van der Waals surface area contributed by atoms with Gasteiger partial charge in [-0.3, -0.25) is 4.79 Å². The van der Waals surface area contributed by atoms with Crippen LogP contribution in [0.5, 0.6) is 0 Å². The van der Waals surface area contributed by atoms with Gasteiger partial charge in [0.05, 0.1) is 6.61 Å². The van der Waals surface area contributed by atoms with Crippen LogP contribution < -0.4 is 0 Å². The molecule has 0 aromatic rings. The first-order valence-corrected chi connectivity index (χ1v) is 13.4. The van der Waals surface area contributed by atoms with Crippen LogP contribution in [0.1, 0.15) is 96.8 Å². The Bertz CT molecular complexity index is 674. The topological polar surface area (TPSA) is 143 Å². The van der Waals surface area contributed by atoms with Gasteiger partial charge in [0, 0.05) is 6.42 Å². The van der Waals surface area contributed by atoms with Crippen LogP contribution in [0.2, 0.25) is 0 Å². The SMILES string of the molecule is CCCCCCCC/C=C\CCCCCCCC(=O)OC[C@H](O)[C@H]1OC(=O)C(OCC(O)CO)=C1O. The van der Waals surface area contributed by atoms with E-state index in [1.165, 1.54) is 44.9 Å². The summed E-state index contributed by atoms with van der Waals surface area (Å²) < 4.78 is 14.8. The maximum Gasteiger partial charge on any atom is 0.378 e. The molecule has 0 aromatic carbocycles. The highest BCUT2D eigenvalue weighted by molar-refractivity contribution is 5.89. The molecule has 0 spiro atoms.